The van der Waals surface area contributed by atoms with Crippen molar-refractivity contribution < 1.29 is 19.1 Å². The van der Waals surface area contributed by atoms with Gasteiger partial charge in [0.05, 0.1) is 19.1 Å². The fourth-order valence-electron chi connectivity index (χ4n) is 4.91. The molecule has 3 aliphatic heterocycles. The highest BCUT2D eigenvalue weighted by Crippen LogP contribution is 2.43. The minimum absolute atomic E-state index is 0.0872. The first kappa shape index (κ1) is 18.2. The summed E-state index contributed by atoms with van der Waals surface area (Å²) in [6.45, 7) is 3.12. The minimum Gasteiger partial charge on any atom is -0.378 e. The molecule has 3 atom stereocenters. The van der Waals surface area contributed by atoms with Crippen molar-refractivity contribution >= 4 is 23.4 Å². The summed E-state index contributed by atoms with van der Waals surface area (Å²) in [7, 11) is 0. The Morgan fingerprint density at radius 1 is 0.966 bits per heavy atom. The number of fused-ring (bicyclic) bond motifs is 1. The highest BCUT2D eigenvalue weighted by molar-refractivity contribution is 6.03. The molecule has 29 heavy (non-hydrogen) atoms. The van der Waals surface area contributed by atoms with Gasteiger partial charge in [0.25, 0.3) is 0 Å². The summed E-state index contributed by atoms with van der Waals surface area (Å²) in [5.41, 5.74) is 3.59. The van der Waals surface area contributed by atoms with Crippen LogP contribution < -0.4 is 20.9 Å². The second kappa shape index (κ2) is 7.18. The summed E-state index contributed by atoms with van der Waals surface area (Å²) in [4.78, 5) is 39.7. The molecule has 8 nitrogen and oxygen atoms in total. The van der Waals surface area contributed by atoms with Crippen LogP contribution in [0.25, 0.3) is 0 Å². The van der Waals surface area contributed by atoms with Gasteiger partial charge in [-0.05, 0) is 30.5 Å². The summed E-state index contributed by atoms with van der Waals surface area (Å²) in [6.07, 6.45) is 1.52. The van der Waals surface area contributed by atoms with Gasteiger partial charge in [-0.3, -0.25) is 14.9 Å². The maximum absolute atomic E-state index is 12.8. The number of hydrogen-bond donors (Lipinski definition) is 3. The Bertz CT molecular complexity index is 888. The number of amides is 3. The van der Waals surface area contributed by atoms with Gasteiger partial charge in [-0.1, -0.05) is 12.1 Å². The molecule has 1 aliphatic carbocycles. The third kappa shape index (κ3) is 3.17. The van der Waals surface area contributed by atoms with Crippen LogP contribution >= 0.6 is 0 Å². The first-order valence-corrected chi connectivity index (χ1v) is 10.2. The fourth-order valence-corrected chi connectivity index (χ4v) is 4.91. The van der Waals surface area contributed by atoms with Crippen LogP contribution in [-0.2, 0) is 14.3 Å². The van der Waals surface area contributed by atoms with Crippen LogP contribution in [0.1, 0.15) is 30.7 Å². The molecule has 3 N–H and O–H groups in total. The van der Waals surface area contributed by atoms with Crippen molar-refractivity contribution in [3.63, 3.8) is 0 Å². The molecule has 152 valence electrons. The van der Waals surface area contributed by atoms with Crippen molar-refractivity contribution in [3.05, 3.63) is 41.1 Å². The number of Topliss-reactive ketones (excluding diaryl/α,β-unsaturated/α-hetero) is 1. The van der Waals surface area contributed by atoms with Gasteiger partial charge in [-0.25, -0.2) is 4.79 Å². The van der Waals surface area contributed by atoms with E-state index in [4.69, 9.17) is 4.74 Å². The molecule has 0 aromatic heterocycles. The van der Waals surface area contributed by atoms with E-state index >= 15 is 0 Å². The van der Waals surface area contributed by atoms with E-state index < -0.39 is 18.1 Å². The van der Waals surface area contributed by atoms with Gasteiger partial charge < -0.3 is 20.3 Å². The standard InChI is InChI=1S/C21H24N4O4/c26-15-3-1-2-14-17(15)16(18-19(22-14)23-21(28)24-20(18)27)12-4-6-13(7-5-12)25-8-10-29-11-9-25/h4-7,16,18-19,22H,1-3,8-11H2,(H2,23,24,27,28). The average Bonchev–Trinajstić information content (AvgIpc) is 2.73. The smallest absolute Gasteiger partial charge is 0.323 e. The van der Waals surface area contributed by atoms with Crippen molar-refractivity contribution in [1.29, 1.82) is 0 Å². The van der Waals surface area contributed by atoms with E-state index in [2.05, 4.69) is 20.9 Å². The number of carbonyl (C=O) groups is 3. The van der Waals surface area contributed by atoms with E-state index in [1.165, 1.54) is 0 Å². The summed E-state index contributed by atoms with van der Waals surface area (Å²) in [6, 6.07) is 7.60. The maximum atomic E-state index is 12.8. The quantitative estimate of drug-likeness (QED) is 0.690. The number of allylic oxidation sites excluding steroid dienone is 2. The van der Waals surface area contributed by atoms with Gasteiger partial charge in [-0.15, -0.1) is 0 Å². The van der Waals surface area contributed by atoms with Crippen LogP contribution in [-0.4, -0.2) is 50.2 Å². The highest BCUT2D eigenvalue weighted by Gasteiger charge is 2.48. The molecule has 3 amide bonds. The summed E-state index contributed by atoms with van der Waals surface area (Å²) in [5.74, 6) is -1.20. The number of imide groups is 1. The molecule has 1 aromatic rings. The minimum atomic E-state index is -0.567. The van der Waals surface area contributed by atoms with Crippen molar-refractivity contribution in [2.75, 3.05) is 31.2 Å². The first-order chi connectivity index (χ1) is 14.1. The number of carbonyl (C=O) groups excluding carboxylic acids is 3. The van der Waals surface area contributed by atoms with Gasteiger partial charge in [0, 0.05) is 42.4 Å². The number of ether oxygens (including phenoxy) is 1. The van der Waals surface area contributed by atoms with Crippen LogP contribution in [0.15, 0.2) is 35.5 Å². The molecule has 4 aliphatic rings. The zero-order valence-corrected chi connectivity index (χ0v) is 16.1. The molecule has 0 saturated carbocycles. The van der Waals surface area contributed by atoms with E-state index in [1.54, 1.807) is 0 Å². The van der Waals surface area contributed by atoms with E-state index in [-0.39, 0.29) is 17.6 Å². The summed E-state index contributed by atoms with van der Waals surface area (Å²) in [5, 5.41) is 8.43. The number of benzene rings is 1. The van der Waals surface area contributed by atoms with Gasteiger partial charge in [0.15, 0.2) is 5.78 Å². The lowest BCUT2D eigenvalue weighted by molar-refractivity contribution is -0.127. The Morgan fingerprint density at radius 3 is 2.48 bits per heavy atom. The Labute approximate surface area is 168 Å². The Kier molecular flexibility index (Phi) is 4.50. The lowest BCUT2D eigenvalue weighted by Gasteiger charge is -2.44. The number of morpholine rings is 1. The topological polar surface area (TPSA) is 99.8 Å². The zero-order chi connectivity index (χ0) is 20.0. The van der Waals surface area contributed by atoms with Crippen molar-refractivity contribution in [1.82, 2.24) is 16.0 Å². The predicted molar refractivity (Wildman–Crippen MR) is 105 cm³/mol. The average molecular weight is 396 g/mol. The number of urea groups is 1. The molecular formula is C21H24N4O4. The van der Waals surface area contributed by atoms with Crippen molar-refractivity contribution in [3.8, 4) is 0 Å². The molecular weight excluding hydrogens is 372 g/mol. The third-order valence-electron chi connectivity index (χ3n) is 6.27. The van der Waals surface area contributed by atoms with Gasteiger partial charge in [0.1, 0.15) is 6.17 Å². The van der Waals surface area contributed by atoms with Crippen molar-refractivity contribution in [2.24, 2.45) is 5.92 Å². The van der Waals surface area contributed by atoms with Crippen LogP contribution in [0.2, 0.25) is 0 Å². The number of nitrogens with one attached hydrogen (secondary N) is 3. The van der Waals surface area contributed by atoms with Crippen LogP contribution in [0.5, 0.6) is 0 Å². The zero-order valence-electron chi connectivity index (χ0n) is 16.1. The van der Waals surface area contributed by atoms with Gasteiger partial charge >= 0.3 is 6.03 Å². The molecule has 0 spiro atoms. The lowest BCUT2D eigenvalue weighted by Crippen LogP contribution is -2.66. The molecule has 3 heterocycles. The molecule has 2 saturated heterocycles. The van der Waals surface area contributed by atoms with Crippen LogP contribution in [0.3, 0.4) is 0 Å². The number of ketones is 1. The van der Waals surface area contributed by atoms with Gasteiger partial charge in [0.2, 0.25) is 5.91 Å². The Morgan fingerprint density at radius 2 is 1.72 bits per heavy atom. The fraction of sp³-hybridized carbons (Fsp3) is 0.476. The molecule has 1 aromatic carbocycles. The molecule has 2 fully saturated rings. The SMILES string of the molecule is O=C1NC(=O)C2C(N1)NC1=C(C(=O)CCC1)C2c1ccc(N2CCOCC2)cc1. The monoisotopic (exact) mass is 396 g/mol. The van der Waals surface area contributed by atoms with E-state index in [1.807, 2.05) is 24.3 Å². The number of rotatable bonds is 2. The molecule has 3 unspecified atom stereocenters. The molecule has 0 radical (unpaired) electrons. The molecule has 0 bridgehead atoms. The van der Waals surface area contributed by atoms with Gasteiger partial charge in [-0.2, -0.15) is 0 Å². The Hall–Kier alpha value is -2.87. The lowest BCUT2D eigenvalue weighted by atomic mass is 9.70. The normalized spacial score (nSPS) is 29.4. The summed E-state index contributed by atoms with van der Waals surface area (Å²) < 4.78 is 5.42. The number of anilines is 1. The van der Waals surface area contributed by atoms with Crippen LogP contribution in [0.4, 0.5) is 10.5 Å². The third-order valence-corrected chi connectivity index (χ3v) is 6.27. The second-order valence-electron chi connectivity index (χ2n) is 7.95. The number of nitrogens with zero attached hydrogens (tertiary/aromatic N) is 1. The highest BCUT2D eigenvalue weighted by atomic mass is 16.5. The predicted octanol–water partition coefficient (Wildman–Crippen LogP) is 0.999. The first-order valence-electron chi connectivity index (χ1n) is 10.2. The number of hydrogen-bond acceptors (Lipinski definition) is 6. The molecule has 5 rings (SSSR count). The largest absolute Gasteiger partial charge is 0.378 e. The van der Waals surface area contributed by atoms with Crippen LogP contribution in [0, 0.1) is 5.92 Å². The van der Waals surface area contributed by atoms with E-state index in [0.29, 0.717) is 25.2 Å². The second-order valence-corrected chi connectivity index (χ2v) is 7.95. The molecule has 8 heteroatoms. The van der Waals surface area contributed by atoms with E-state index in [0.717, 1.165) is 42.9 Å². The maximum Gasteiger partial charge on any atom is 0.323 e. The van der Waals surface area contributed by atoms with E-state index in [9.17, 15) is 14.4 Å². The summed E-state index contributed by atoms with van der Waals surface area (Å²) >= 11 is 0. The van der Waals surface area contributed by atoms with Crippen molar-refractivity contribution in [2.45, 2.75) is 31.3 Å². The Balaban J connectivity index is 1.53.